The lowest BCUT2D eigenvalue weighted by atomic mass is 10.1. The molecule has 0 fully saturated rings. The quantitative estimate of drug-likeness (QED) is 0.579. The monoisotopic (exact) mass is 156 g/mol. The molecule has 0 aliphatic heterocycles. The summed E-state index contributed by atoms with van der Waals surface area (Å²) in [5.74, 6) is 2.60. The van der Waals surface area contributed by atoms with Crippen molar-refractivity contribution < 1.29 is 0 Å². The van der Waals surface area contributed by atoms with Crippen LogP contribution in [0.15, 0.2) is 18.3 Å². The van der Waals surface area contributed by atoms with Crippen LogP contribution in [0.1, 0.15) is 11.1 Å². The van der Waals surface area contributed by atoms with Crippen molar-refractivity contribution in [3.8, 4) is 12.3 Å². The highest BCUT2D eigenvalue weighted by molar-refractivity contribution is 5.82. The molecule has 0 saturated carbocycles. The molecule has 0 amide bonds. The van der Waals surface area contributed by atoms with Crippen molar-refractivity contribution in [2.24, 2.45) is 0 Å². The van der Waals surface area contributed by atoms with Crippen LogP contribution in [0.4, 0.5) is 0 Å². The van der Waals surface area contributed by atoms with Crippen molar-refractivity contribution in [2.45, 2.75) is 6.92 Å². The molecule has 0 unspecified atom stereocenters. The molecule has 2 heteroatoms. The molecule has 0 aliphatic rings. The molecule has 1 aromatic carbocycles. The van der Waals surface area contributed by atoms with Crippen molar-refractivity contribution in [3.05, 3.63) is 29.5 Å². The van der Waals surface area contributed by atoms with Gasteiger partial charge in [-0.3, -0.25) is 5.10 Å². The molecular weight excluding hydrogens is 148 g/mol. The summed E-state index contributed by atoms with van der Waals surface area (Å²) in [5, 5.41) is 7.97. The number of terminal acetylenes is 1. The molecule has 0 radical (unpaired) electrons. The van der Waals surface area contributed by atoms with E-state index in [4.69, 9.17) is 6.42 Å². The number of hydrogen-bond acceptors (Lipinski definition) is 1. The van der Waals surface area contributed by atoms with Gasteiger partial charge in [-0.05, 0) is 24.6 Å². The van der Waals surface area contributed by atoms with E-state index in [0.717, 1.165) is 22.0 Å². The van der Waals surface area contributed by atoms with Gasteiger partial charge in [0.05, 0.1) is 11.7 Å². The number of rotatable bonds is 0. The van der Waals surface area contributed by atoms with E-state index in [0.29, 0.717) is 0 Å². The van der Waals surface area contributed by atoms with E-state index >= 15 is 0 Å². The summed E-state index contributed by atoms with van der Waals surface area (Å²) in [7, 11) is 0. The molecule has 58 valence electrons. The van der Waals surface area contributed by atoms with E-state index in [1.807, 2.05) is 25.3 Å². The van der Waals surface area contributed by atoms with Gasteiger partial charge in [0.2, 0.25) is 0 Å². The molecule has 1 N–H and O–H groups in total. The Labute approximate surface area is 70.6 Å². The lowest BCUT2D eigenvalue weighted by Crippen LogP contribution is -1.79. The molecule has 2 aromatic rings. The predicted octanol–water partition coefficient (Wildman–Crippen LogP) is 1.85. The molecule has 0 saturated heterocycles. The molecule has 2 nitrogen and oxygen atoms in total. The zero-order chi connectivity index (χ0) is 8.55. The number of H-pyrrole nitrogens is 1. The molecule has 0 atom stereocenters. The first-order chi connectivity index (χ1) is 5.81. The van der Waals surface area contributed by atoms with Crippen molar-refractivity contribution >= 4 is 10.9 Å². The summed E-state index contributed by atoms with van der Waals surface area (Å²) < 4.78 is 0. The number of aryl methyl sites for hydroxylation is 1. The second-order valence-corrected chi connectivity index (χ2v) is 2.77. The Morgan fingerprint density at radius 2 is 2.33 bits per heavy atom. The summed E-state index contributed by atoms with van der Waals surface area (Å²) >= 11 is 0. The van der Waals surface area contributed by atoms with Crippen LogP contribution in [0.3, 0.4) is 0 Å². The molecule has 12 heavy (non-hydrogen) atoms. The van der Waals surface area contributed by atoms with Gasteiger partial charge in [-0.2, -0.15) is 5.10 Å². The van der Waals surface area contributed by atoms with E-state index in [1.165, 1.54) is 0 Å². The Hall–Kier alpha value is -1.75. The Morgan fingerprint density at radius 3 is 3.08 bits per heavy atom. The zero-order valence-corrected chi connectivity index (χ0v) is 6.76. The minimum absolute atomic E-state index is 0.893. The third-order valence-electron chi connectivity index (χ3n) is 1.93. The highest BCUT2D eigenvalue weighted by atomic mass is 15.1. The number of fused-ring (bicyclic) bond motifs is 1. The Morgan fingerprint density at radius 1 is 1.50 bits per heavy atom. The van der Waals surface area contributed by atoms with Crippen LogP contribution in [0.5, 0.6) is 0 Å². The largest absolute Gasteiger partial charge is 0.278 e. The average Bonchev–Trinajstić information content (AvgIpc) is 2.52. The molecule has 0 aliphatic carbocycles. The van der Waals surface area contributed by atoms with Gasteiger partial charge in [-0.15, -0.1) is 6.42 Å². The van der Waals surface area contributed by atoms with E-state index in [1.54, 1.807) is 0 Å². The minimum atomic E-state index is 0.893. The number of nitrogens with one attached hydrogen (secondary N) is 1. The van der Waals surface area contributed by atoms with Gasteiger partial charge < -0.3 is 0 Å². The normalized spacial score (nSPS) is 10.0. The molecular formula is C10H8N2. The smallest absolute Gasteiger partial charge is 0.0665 e. The number of hydrogen-bond donors (Lipinski definition) is 1. The van der Waals surface area contributed by atoms with Gasteiger partial charge in [0.1, 0.15) is 0 Å². The first kappa shape index (κ1) is 6.93. The third-order valence-corrected chi connectivity index (χ3v) is 1.93. The van der Waals surface area contributed by atoms with Crippen LogP contribution in [-0.2, 0) is 0 Å². The van der Waals surface area contributed by atoms with Crippen LogP contribution >= 0.6 is 0 Å². The summed E-state index contributed by atoms with van der Waals surface area (Å²) in [6.45, 7) is 2.03. The van der Waals surface area contributed by atoms with Crippen molar-refractivity contribution in [1.82, 2.24) is 10.2 Å². The predicted molar refractivity (Wildman–Crippen MR) is 48.8 cm³/mol. The maximum Gasteiger partial charge on any atom is 0.0665 e. The Balaban J connectivity index is 2.86. The molecule has 2 rings (SSSR count). The number of aromatic nitrogens is 2. The van der Waals surface area contributed by atoms with Gasteiger partial charge >= 0.3 is 0 Å². The molecule has 0 bridgehead atoms. The first-order valence-corrected chi connectivity index (χ1v) is 3.71. The first-order valence-electron chi connectivity index (χ1n) is 3.71. The summed E-state index contributed by atoms with van der Waals surface area (Å²) in [5.41, 5.74) is 3.06. The number of aromatic amines is 1. The van der Waals surface area contributed by atoms with E-state index in [2.05, 4.69) is 16.1 Å². The summed E-state index contributed by atoms with van der Waals surface area (Å²) in [6.07, 6.45) is 7.10. The van der Waals surface area contributed by atoms with Crippen molar-refractivity contribution in [2.75, 3.05) is 0 Å². The lowest BCUT2D eigenvalue weighted by Gasteiger charge is -1.95. The van der Waals surface area contributed by atoms with Gasteiger partial charge in [0, 0.05) is 10.9 Å². The van der Waals surface area contributed by atoms with Crippen molar-refractivity contribution in [3.63, 3.8) is 0 Å². The highest BCUT2D eigenvalue weighted by Gasteiger charge is 1.99. The van der Waals surface area contributed by atoms with Crippen LogP contribution < -0.4 is 0 Å². The van der Waals surface area contributed by atoms with Crippen LogP contribution in [-0.4, -0.2) is 10.2 Å². The molecule has 1 heterocycles. The van der Waals surface area contributed by atoms with Crippen molar-refractivity contribution in [1.29, 1.82) is 0 Å². The second-order valence-electron chi connectivity index (χ2n) is 2.77. The van der Waals surface area contributed by atoms with Crippen LogP contribution in [0.25, 0.3) is 10.9 Å². The Kier molecular flexibility index (Phi) is 1.38. The van der Waals surface area contributed by atoms with E-state index < -0.39 is 0 Å². The zero-order valence-electron chi connectivity index (χ0n) is 6.76. The van der Waals surface area contributed by atoms with E-state index in [9.17, 15) is 0 Å². The average molecular weight is 156 g/mol. The number of nitrogens with zero attached hydrogens (tertiary/aromatic N) is 1. The topological polar surface area (TPSA) is 28.7 Å². The van der Waals surface area contributed by atoms with E-state index in [-0.39, 0.29) is 0 Å². The summed E-state index contributed by atoms with van der Waals surface area (Å²) in [6, 6.07) is 3.91. The Bertz CT molecular complexity index is 460. The fraction of sp³-hybridized carbons (Fsp3) is 0.100. The maximum atomic E-state index is 5.29. The SMILES string of the molecule is C#Cc1cc(C)c2cn[nH]c2c1. The van der Waals surface area contributed by atoms with Gasteiger partial charge in [0.25, 0.3) is 0 Å². The minimum Gasteiger partial charge on any atom is -0.278 e. The number of benzene rings is 1. The third kappa shape index (κ3) is 0.876. The van der Waals surface area contributed by atoms with Gasteiger partial charge in [0.15, 0.2) is 0 Å². The van der Waals surface area contributed by atoms with Gasteiger partial charge in [-0.25, -0.2) is 0 Å². The van der Waals surface area contributed by atoms with Crippen LogP contribution in [0, 0.1) is 19.3 Å². The standard InChI is InChI=1S/C10H8N2/c1-3-8-4-7(2)9-6-11-12-10(9)5-8/h1,4-6H,2H3,(H,11,12). The summed E-state index contributed by atoms with van der Waals surface area (Å²) in [4.78, 5) is 0. The maximum absolute atomic E-state index is 5.29. The second kappa shape index (κ2) is 2.38. The highest BCUT2D eigenvalue weighted by Crippen LogP contribution is 2.17. The fourth-order valence-electron chi connectivity index (χ4n) is 1.31. The fourth-order valence-corrected chi connectivity index (χ4v) is 1.31. The lowest BCUT2D eigenvalue weighted by molar-refractivity contribution is 1.12. The van der Waals surface area contributed by atoms with Crippen LogP contribution in [0.2, 0.25) is 0 Å². The molecule has 1 aromatic heterocycles. The van der Waals surface area contributed by atoms with Gasteiger partial charge in [-0.1, -0.05) is 5.92 Å². The molecule has 0 spiro atoms.